The largest absolute Gasteiger partial charge is 0.510 e. The van der Waals surface area contributed by atoms with E-state index in [0.29, 0.717) is 0 Å². The molecule has 0 aliphatic carbocycles. The topological polar surface area (TPSA) is 260 Å². The van der Waals surface area contributed by atoms with Gasteiger partial charge in [-0.2, -0.15) is 0 Å². The monoisotopic (exact) mass is 820 g/mol. The van der Waals surface area contributed by atoms with E-state index in [4.69, 9.17) is 58.3 Å². The van der Waals surface area contributed by atoms with Gasteiger partial charge in [0.25, 0.3) is 5.56 Å². The predicted octanol–water partition coefficient (Wildman–Crippen LogP) is 2.71. The predicted molar refractivity (Wildman–Crippen MR) is 181 cm³/mol. The maximum Gasteiger partial charge on any atom is 0.510 e. The first kappa shape index (κ1) is 46.6. The van der Waals surface area contributed by atoms with Gasteiger partial charge in [0.15, 0.2) is 29.6 Å². The molecule has 1 aromatic heterocycles. The summed E-state index contributed by atoms with van der Waals surface area (Å²) in [5.74, 6) is -3.08. The maximum atomic E-state index is 15.7. The van der Waals surface area contributed by atoms with Crippen LogP contribution in [0.2, 0.25) is 0 Å². The van der Waals surface area contributed by atoms with Crippen molar-refractivity contribution < 1.29 is 80.6 Å². The van der Waals surface area contributed by atoms with Gasteiger partial charge in [0.2, 0.25) is 13.6 Å². The fraction of sp³-hybridized carbons (Fsp3) is 0.742. The van der Waals surface area contributed by atoms with Gasteiger partial charge < -0.3 is 38.9 Å². The molecule has 1 aliphatic rings. The zero-order valence-corrected chi connectivity index (χ0v) is 33.0. The first-order valence-electron chi connectivity index (χ1n) is 16.7. The average molecular weight is 821 g/mol. The van der Waals surface area contributed by atoms with Crippen LogP contribution in [-0.2, 0) is 60.9 Å². The molecule has 1 saturated heterocycles. The minimum atomic E-state index is -5.12. The molecule has 0 spiro atoms. The third-order valence-corrected chi connectivity index (χ3v) is 9.51. The first-order valence-corrected chi connectivity index (χ1v) is 18.6. The Balaban J connectivity index is 2.70. The van der Waals surface area contributed by atoms with Gasteiger partial charge in [-0.1, -0.05) is 27.7 Å². The number of H-pyrrole nitrogens is 1. The smallest absolute Gasteiger partial charge is 0.450 e. The van der Waals surface area contributed by atoms with E-state index in [-0.39, 0.29) is 0 Å². The van der Waals surface area contributed by atoms with Crippen molar-refractivity contribution >= 4 is 43.7 Å². The second-order valence-electron chi connectivity index (χ2n) is 13.4. The number of hydrogen-bond acceptors (Lipinski definition) is 17. The number of carbonyl (C=O) groups excluding carboxylic acids is 4. The van der Waals surface area contributed by atoms with Crippen LogP contribution in [0.15, 0.2) is 21.9 Å². The first-order chi connectivity index (χ1) is 25.0. The van der Waals surface area contributed by atoms with Crippen LogP contribution in [0.3, 0.4) is 0 Å². The second kappa shape index (κ2) is 19.8. The zero-order valence-electron chi connectivity index (χ0n) is 31.4. The molecule has 23 heteroatoms. The lowest BCUT2D eigenvalue weighted by Crippen LogP contribution is -2.69. The maximum absolute atomic E-state index is 15.7. The summed E-state index contributed by atoms with van der Waals surface area (Å²) in [4.78, 5) is 77.8. The lowest BCUT2D eigenvalue weighted by atomic mass is 9.87. The lowest BCUT2D eigenvalue weighted by Gasteiger charge is -2.38. The summed E-state index contributed by atoms with van der Waals surface area (Å²) in [6.45, 7) is 8.48. The van der Waals surface area contributed by atoms with Crippen molar-refractivity contribution in [2.75, 3.05) is 26.9 Å². The molecule has 2 heterocycles. The van der Waals surface area contributed by atoms with Crippen molar-refractivity contribution in [2.24, 2.45) is 11.8 Å². The van der Waals surface area contributed by atoms with Crippen molar-refractivity contribution in [3.63, 3.8) is 0 Å². The fourth-order valence-electron chi connectivity index (χ4n) is 4.63. The lowest BCUT2D eigenvalue weighted by molar-refractivity contribution is -0.420. The number of nitrogens with zero attached hydrogens (tertiary/aromatic N) is 1. The molecular weight excluding hydrogens is 772 g/mol. The number of quaternary nitrogens is 1. The molecule has 1 aromatic rings. The summed E-state index contributed by atoms with van der Waals surface area (Å²) in [5.41, 5.74) is -3.17. The summed E-state index contributed by atoms with van der Waals surface area (Å²) < 4.78 is 82.6. The van der Waals surface area contributed by atoms with Gasteiger partial charge in [-0.3, -0.25) is 23.7 Å². The third-order valence-electron chi connectivity index (χ3n) is 7.54. The Bertz CT molecular complexity index is 1590. The molecule has 0 radical (unpaired) electrons. The number of halogens is 2. The molecule has 0 amide bonds. The SMILES string of the molecule is CC(C)OC(=O)OCOP(=O)(OCOC(=O)OC(C)C)OC[C@@]1(CF)O[C@@H](n2ccc(=O)[nH]c2=O)[C@](C)(OC(=O)C(Cl)C(C)C)[C@@H]1OC(=O)C([NH3+])C(C)C. The molecule has 1 aliphatic heterocycles. The molecule has 0 aromatic carbocycles. The molecule has 4 N–H and O–H groups in total. The number of phosphoric ester groups is 1. The van der Waals surface area contributed by atoms with Crippen molar-refractivity contribution in [1.82, 2.24) is 9.55 Å². The highest BCUT2D eigenvalue weighted by Crippen LogP contribution is 2.54. The standard InChI is InChI=1S/C31H48ClFN3O17P/c1-16(2)21(32)23(38)52-30(9)25(51-24(39)22(34)17(3)4)31(12-33,53-26(30)36-11-10-20(37)35-27(36)40)13-46-54(43,47-14-44-28(41)49-18(5)6)48-15-45-29(42)50-19(7)8/h10-11,16-19,21-22,25-26H,12-15,34H2,1-9H3,(H,35,37,40)/p+1/t21?,22?,25-,26+,30+,31+/m0/s1. The number of nitrogens with one attached hydrogen (secondary N) is 1. The van der Waals surface area contributed by atoms with Gasteiger partial charge >= 0.3 is 37.8 Å². The number of hydrogen-bond donors (Lipinski definition) is 2. The van der Waals surface area contributed by atoms with E-state index in [2.05, 4.69) is 5.73 Å². The summed E-state index contributed by atoms with van der Waals surface area (Å²) in [6.07, 6.45) is -6.74. The van der Waals surface area contributed by atoms with Crippen molar-refractivity contribution in [3.05, 3.63) is 33.1 Å². The van der Waals surface area contributed by atoms with Gasteiger partial charge in [0.05, 0.1) is 18.8 Å². The Morgan fingerprint density at radius 2 is 1.48 bits per heavy atom. The Labute approximate surface area is 314 Å². The molecular formula is C31H49ClFN3O17P+. The van der Waals surface area contributed by atoms with Gasteiger partial charge in [0.1, 0.15) is 12.1 Å². The van der Waals surface area contributed by atoms with E-state index in [1.54, 1.807) is 27.7 Å². The van der Waals surface area contributed by atoms with Crippen LogP contribution in [0.25, 0.3) is 0 Å². The van der Waals surface area contributed by atoms with Crippen molar-refractivity contribution in [3.8, 4) is 0 Å². The number of phosphoric acid groups is 1. The van der Waals surface area contributed by atoms with Crippen LogP contribution in [0, 0.1) is 11.8 Å². The third kappa shape index (κ3) is 12.5. The van der Waals surface area contributed by atoms with E-state index in [0.717, 1.165) is 23.8 Å². The molecule has 54 heavy (non-hydrogen) atoms. The number of aromatic amines is 1. The van der Waals surface area contributed by atoms with E-state index >= 15 is 4.39 Å². The number of aromatic nitrogens is 2. The number of esters is 2. The van der Waals surface area contributed by atoms with Gasteiger partial charge in [-0.05, 0) is 40.5 Å². The molecule has 6 atom stereocenters. The molecule has 0 bridgehead atoms. The normalized spacial score (nSPS) is 22.6. The molecule has 0 saturated carbocycles. The van der Waals surface area contributed by atoms with Crippen LogP contribution >= 0.6 is 19.4 Å². The number of alkyl halides is 2. The summed E-state index contributed by atoms with van der Waals surface area (Å²) in [5, 5.41) is -1.31. The number of carbonyl (C=O) groups is 4. The summed E-state index contributed by atoms with van der Waals surface area (Å²) >= 11 is 6.31. The van der Waals surface area contributed by atoms with Crippen LogP contribution in [-0.4, -0.2) is 102 Å². The Morgan fingerprint density at radius 3 is 1.93 bits per heavy atom. The minimum absolute atomic E-state index is 0.428. The zero-order chi connectivity index (χ0) is 41.2. The molecule has 2 unspecified atom stereocenters. The quantitative estimate of drug-likeness (QED) is 0.0668. The Hall–Kier alpha value is -3.59. The van der Waals surface area contributed by atoms with Crippen LogP contribution in [0.4, 0.5) is 14.0 Å². The number of ether oxygens (including phenoxy) is 7. The van der Waals surface area contributed by atoms with E-state index in [1.165, 1.54) is 27.7 Å². The molecule has 308 valence electrons. The molecule has 2 rings (SSSR count). The highest BCUT2D eigenvalue weighted by molar-refractivity contribution is 7.48. The molecule has 1 fully saturated rings. The van der Waals surface area contributed by atoms with Gasteiger partial charge in [0, 0.05) is 18.2 Å². The molecule has 20 nitrogen and oxygen atoms in total. The Morgan fingerprint density at radius 1 is 0.944 bits per heavy atom. The average Bonchev–Trinajstić information content (AvgIpc) is 3.29. The van der Waals surface area contributed by atoms with Crippen molar-refractivity contribution in [1.29, 1.82) is 0 Å². The van der Waals surface area contributed by atoms with Crippen LogP contribution in [0.5, 0.6) is 0 Å². The highest BCUT2D eigenvalue weighted by Gasteiger charge is 2.69. The van der Waals surface area contributed by atoms with E-state index in [1.807, 2.05) is 4.98 Å². The second-order valence-corrected chi connectivity index (χ2v) is 15.6. The van der Waals surface area contributed by atoms with Crippen LogP contribution < -0.4 is 17.0 Å². The number of rotatable bonds is 19. The van der Waals surface area contributed by atoms with Gasteiger partial charge in [-0.15, -0.1) is 11.6 Å². The van der Waals surface area contributed by atoms with Gasteiger partial charge in [-0.25, -0.2) is 37.2 Å². The summed E-state index contributed by atoms with van der Waals surface area (Å²) in [6, 6.07) is -0.175. The van der Waals surface area contributed by atoms with E-state index < -0.39 is 129 Å². The van der Waals surface area contributed by atoms with E-state index in [9.17, 15) is 33.3 Å². The summed E-state index contributed by atoms with van der Waals surface area (Å²) in [7, 11) is -5.12. The van der Waals surface area contributed by atoms with Crippen molar-refractivity contribution in [2.45, 2.75) is 109 Å². The van der Waals surface area contributed by atoms with Crippen LogP contribution in [0.1, 0.15) is 68.5 Å². The fourth-order valence-corrected chi connectivity index (χ4v) is 5.64. The Kier molecular flexibility index (Phi) is 17.1. The highest BCUT2D eigenvalue weighted by atomic mass is 35.5. The minimum Gasteiger partial charge on any atom is -0.450 e.